The van der Waals surface area contributed by atoms with E-state index in [4.69, 9.17) is 0 Å². The lowest BCUT2D eigenvalue weighted by Crippen LogP contribution is -2.28. The second-order valence-electron chi connectivity index (χ2n) is 4.86. The number of H-pyrrole nitrogens is 1. The highest BCUT2D eigenvalue weighted by molar-refractivity contribution is 5.87. The zero-order chi connectivity index (χ0) is 14.0. The van der Waals surface area contributed by atoms with Gasteiger partial charge in [-0.25, -0.2) is 0 Å². The summed E-state index contributed by atoms with van der Waals surface area (Å²) in [5, 5.41) is 23.7. The molecule has 0 amide bonds. The molecule has 0 radical (unpaired) electrons. The number of aromatic hydroxyl groups is 1. The fourth-order valence-corrected chi connectivity index (χ4v) is 2.01. The molecule has 19 heavy (non-hydrogen) atoms. The lowest BCUT2D eigenvalue weighted by molar-refractivity contribution is 0.173. The Kier molecular flexibility index (Phi) is 3.87. The van der Waals surface area contributed by atoms with E-state index in [1.165, 1.54) is 12.1 Å². The fraction of sp³-hybridized carbons (Fsp3) is 0.357. The van der Waals surface area contributed by atoms with E-state index in [9.17, 15) is 15.0 Å². The van der Waals surface area contributed by atoms with Gasteiger partial charge in [-0.05, 0) is 17.7 Å². The smallest absolute Gasteiger partial charge is 0.248 e. The highest BCUT2D eigenvalue weighted by Crippen LogP contribution is 2.28. The molecule has 5 heteroatoms. The number of benzene rings is 1. The Balaban J connectivity index is 2.44. The zero-order valence-electron chi connectivity index (χ0n) is 11.0. The summed E-state index contributed by atoms with van der Waals surface area (Å²) < 4.78 is 0. The summed E-state index contributed by atoms with van der Waals surface area (Å²) in [6.45, 7) is 4.41. The number of nitrogens with one attached hydrogen (secondary N) is 2. The molecule has 0 aliphatic carbocycles. The van der Waals surface area contributed by atoms with Crippen molar-refractivity contribution in [1.82, 2.24) is 10.3 Å². The Labute approximate surface area is 110 Å². The van der Waals surface area contributed by atoms with E-state index in [2.05, 4.69) is 10.3 Å². The standard InChI is InChI=1S/C14H18N2O3/c1-8(2)15-7-12(18)9-3-5-11(17)14-10(9)4-6-13(19)16-14/h3-6,8,12,15,17-18H,7H2,1-2H3,(H,16,19)/t12-/m0/s1. The minimum Gasteiger partial charge on any atom is -0.506 e. The van der Waals surface area contributed by atoms with Gasteiger partial charge in [-0.1, -0.05) is 19.9 Å². The zero-order valence-corrected chi connectivity index (χ0v) is 11.0. The topological polar surface area (TPSA) is 85.3 Å². The molecule has 5 nitrogen and oxygen atoms in total. The fourth-order valence-electron chi connectivity index (χ4n) is 2.01. The molecule has 102 valence electrons. The van der Waals surface area contributed by atoms with Gasteiger partial charge >= 0.3 is 0 Å². The van der Waals surface area contributed by atoms with Crippen molar-refractivity contribution >= 4 is 10.9 Å². The first-order valence-corrected chi connectivity index (χ1v) is 6.25. The Morgan fingerprint density at radius 2 is 2.00 bits per heavy atom. The van der Waals surface area contributed by atoms with Crippen LogP contribution in [-0.4, -0.2) is 27.8 Å². The van der Waals surface area contributed by atoms with Crippen molar-refractivity contribution < 1.29 is 10.2 Å². The third-order valence-corrected chi connectivity index (χ3v) is 2.99. The summed E-state index contributed by atoms with van der Waals surface area (Å²) >= 11 is 0. The van der Waals surface area contributed by atoms with Crippen LogP contribution in [0.4, 0.5) is 0 Å². The maximum Gasteiger partial charge on any atom is 0.248 e. The molecule has 0 fully saturated rings. The summed E-state index contributed by atoms with van der Waals surface area (Å²) in [7, 11) is 0. The van der Waals surface area contributed by atoms with Gasteiger partial charge in [0.15, 0.2) is 0 Å². The Hall–Kier alpha value is -1.85. The molecule has 2 rings (SSSR count). The van der Waals surface area contributed by atoms with E-state index in [-0.39, 0.29) is 17.4 Å². The van der Waals surface area contributed by atoms with Gasteiger partial charge in [0.25, 0.3) is 0 Å². The molecular formula is C14H18N2O3. The molecular weight excluding hydrogens is 244 g/mol. The summed E-state index contributed by atoms with van der Waals surface area (Å²) in [5.41, 5.74) is 0.751. The van der Waals surface area contributed by atoms with Crippen molar-refractivity contribution in [3.8, 4) is 5.75 Å². The molecule has 0 saturated carbocycles. The van der Waals surface area contributed by atoms with Crippen molar-refractivity contribution in [3.05, 3.63) is 40.2 Å². The van der Waals surface area contributed by atoms with Crippen LogP contribution in [0, 0.1) is 0 Å². The number of aliphatic hydroxyl groups excluding tert-OH is 1. The van der Waals surface area contributed by atoms with E-state index in [0.717, 1.165) is 0 Å². The van der Waals surface area contributed by atoms with Crippen LogP contribution in [0.15, 0.2) is 29.1 Å². The number of aliphatic hydroxyl groups is 1. The Morgan fingerprint density at radius 3 is 2.68 bits per heavy atom. The highest BCUT2D eigenvalue weighted by Gasteiger charge is 2.13. The van der Waals surface area contributed by atoms with E-state index in [1.807, 2.05) is 13.8 Å². The first kappa shape index (κ1) is 13.6. The lowest BCUT2D eigenvalue weighted by atomic mass is 10.0. The number of fused-ring (bicyclic) bond motifs is 1. The highest BCUT2D eigenvalue weighted by atomic mass is 16.3. The van der Waals surface area contributed by atoms with Crippen LogP contribution in [0.3, 0.4) is 0 Å². The van der Waals surface area contributed by atoms with Gasteiger partial charge in [0.1, 0.15) is 5.75 Å². The molecule has 0 aliphatic heterocycles. The molecule has 0 saturated heterocycles. The number of phenolic OH excluding ortho intramolecular Hbond substituents is 1. The second-order valence-corrected chi connectivity index (χ2v) is 4.86. The average Bonchev–Trinajstić information content (AvgIpc) is 2.37. The number of phenols is 1. The first-order chi connectivity index (χ1) is 8.99. The lowest BCUT2D eigenvalue weighted by Gasteiger charge is -2.16. The largest absolute Gasteiger partial charge is 0.506 e. The van der Waals surface area contributed by atoms with Crippen LogP contribution in [0.25, 0.3) is 10.9 Å². The van der Waals surface area contributed by atoms with Gasteiger partial charge in [0, 0.05) is 24.0 Å². The van der Waals surface area contributed by atoms with Gasteiger partial charge < -0.3 is 20.5 Å². The van der Waals surface area contributed by atoms with Gasteiger partial charge in [0.05, 0.1) is 11.6 Å². The summed E-state index contributed by atoms with van der Waals surface area (Å²) in [6, 6.07) is 6.42. The molecule has 1 aromatic heterocycles. The van der Waals surface area contributed by atoms with E-state index in [1.54, 1.807) is 12.1 Å². The van der Waals surface area contributed by atoms with E-state index in [0.29, 0.717) is 23.0 Å². The minimum absolute atomic E-state index is 0.000434. The van der Waals surface area contributed by atoms with E-state index >= 15 is 0 Å². The predicted octanol–water partition coefficient (Wildman–Crippen LogP) is 1.27. The Bertz CT molecular complexity index is 634. The summed E-state index contributed by atoms with van der Waals surface area (Å²) in [4.78, 5) is 13.9. The first-order valence-electron chi connectivity index (χ1n) is 6.25. The predicted molar refractivity (Wildman–Crippen MR) is 74.3 cm³/mol. The molecule has 0 spiro atoms. The van der Waals surface area contributed by atoms with E-state index < -0.39 is 6.10 Å². The molecule has 1 atom stereocenters. The van der Waals surface area contributed by atoms with Gasteiger partial charge in [0.2, 0.25) is 5.56 Å². The number of aromatic amines is 1. The summed E-state index contributed by atoms with van der Waals surface area (Å²) in [6.07, 6.45) is -0.698. The van der Waals surface area contributed by atoms with Gasteiger partial charge in [-0.2, -0.15) is 0 Å². The molecule has 1 heterocycles. The van der Waals surface area contributed by atoms with Crippen molar-refractivity contribution in [3.63, 3.8) is 0 Å². The Morgan fingerprint density at radius 1 is 1.26 bits per heavy atom. The van der Waals surface area contributed by atoms with Crippen LogP contribution < -0.4 is 10.9 Å². The van der Waals surface area contributed by atoms with Crippen molar-refractivity contribution in [2.75, 3.05) is 6.54 Å². The third kappa shape index (κ3) is 2.94. The van der Waals surface area contributed by atoms with Gasteiger partial charge in [-0.15, -0.1) is 0 Å². The van der Waals surface area contributed by atoms with Crippen LogP contribution in [0.1, 0.15) is 25.5 Å². The number of hydrogen-bond donors (Lipinski definition) is 4. The van der Waals surface area contributed by atoms with Crippen molar-refractivity contribution in [1.29, 1.82) is 0 Å². The number of aromatic nitrogens is 1. The monoisotopic (exact) mass is 262 g/mol. The summed E-state index contributed by atoms with van der Waals surface area (Å²) in [5.74, 6) is 0.000434. The SMILES string of the molecule is CC(C)NC[C@H](O)c1ccc(O)c2[nH]c(=O)ccc12. The molecule has 0 unspecified atom stereocenters. The molecule has 0 bridgehead atoms. The number of hydrogen-bond acceptors (Lipinski definition) is 4. The van der Waals surface area contributed by atoms with Crippen LogP contribution in [0.5, 0.6) is 5.75 Å². The van der Waals surface area contributed by atoms with Gasteiger partial charge in [-0.3, -0.25) is 4.79 Å². The van der Waals surface area contributed by atoms with Crippen molar-refractivity contribution in [2.24, 2.45) is 0 Å². The molecule has 2 aromatic rings. The second kappa shape index (κ2) is 5.42. The molecule has 4 N–H and O–H groups in total. The van der Waals surface area contributed by atoms with Crippen LogP contribution in [0.2, 0.25) is 0 Å². The maximum absolute atomic E-state index is 11.3. The quantitative estimate of drug-likeness (QED) is 0.668. The van der Waals surface area contributed by atoms with Crippen LogP contribution >= 0.6 is 0 Å². The minimum atomic E-state index is -0.698. The third-order valence-electron chi connectivity index (χ3n) is 2.99. The normalized spacial score (nSPS) is 13.1. The molecule has 0 aliphatic rings. The maximum atomic E-state index is 11.3. The average molecular weight is 262 g/mol. The number of pyridine rings is 1. The number of rotatable bonds is 4. The van der Waals surface area contributed by atoms with Crippen molar-refractivity contribution in [2.45, 2.75) is 26.0 Å². The van der Waals surface area contributed by atoms with Crippen LogP contribution in [-0.2, 0) is 0 Å². The molecule has 1 aromatic carbocycles.